The Bertz CT molecular complexity index is 647. The van der Waals surface area contributed by atoms with E-state index in [-0.39, 0.29) is 16.7 Å². The zero-order chi connectivity index (χ0) is 15.9. The summed E-state index contributed by atoms with van der Waals surface area (Å²) < 4.78 is 11.4. The number of nitrogens with one attached hydrogen (secondary N) is 1. The Morgan fingerprint density at radius 1 is 1.41 bits per heavy atom. The van der Waals surface area contributed by atoms with Crippen LogP contribution in [0.25, 0.3) is 0 Å². The smallest absolute Gasteiger partial charge is 0.248 e. The average molecular weight is 338 g/mol. The molecule has 2 aliphatic heterocycles. The van der Waals surface area contributed by atoms with Crippen LogP contribution in [0.4, 0.5) is 5.69 Å². The topological polar surface area (TPSA) is 66.5 Å². The number of fused-ring (bicyclic) bond motifs is 1. The minimum Gasteiger partial charge on any atom is -0.324 e. The number of amides is 2. The van der Waals surface area contributed by atoms with E-state index in [2.05, 4.69) is 5.32 Å². The summed E-state index contributed by atoms with van der Waals surface area (Å²) in [4.78, 5) is 26.8. The lowest BCUT2D eigenvalue weighted by atomic mass is 10.2. The zero-order valence-electron chi connectivity index (χ0n) is 12.5. The Morgan fingerprint density at radius 2 is 2.09 bits per heavy atom. The van der Waals surface area contributed by atoms with Gasteiger partial charge in [-0.3, -0.25) is 13.8 Å². The second kappa shape index (κ2) is 5.70. The summed E-state index contributed by atoms with van der Waals surface area (Å²) >= 11 is 1.68. The fraction of sp³-hybridized carbons (Fsp3) is 0.467. The fourth-order valence-corrected chi connectivity index (χ4v) is 4.92. The van der Waals surface area contributed by atoms with Crippen molar-refractivity contribution in [2.24, 2.45) is 0 Å². The third-order valence-corrected chi connectivity index (χ3v) is 6.64. The van der Waals surface area contributed by atoms with Crippen LogP contribution in [-0.4, -0.2) is 43.8 Å². The molecule has 2 fully saturated rings. The van der Waals surface area contributed by atoms with Crippen molar-refractivity contribution in [1.82, 2.24) is 4.90 Å². The maximum atomic E-state index is 12.5. The summed E-state index contributed by atoms with van der Waals surface area (Å²) in [7, 11) is -1.03. The Balaban J connectivity index is 1.72. The number of carbonyl (C=O) groups is 2. The molecule has 5 nitrogen and oxygen atoms in total. The zero-order valence-corrected chi connectivity index (χ0v) is 14.1. The van der Waals surface area contributed by atoms with Crippen LogP contribution in [0.3, 0.4) is 0 Å². The van der Waals surface area contributed by atoms with E-state index in [0.717, 1.165) is 11.3 Å². The van der Waals surface area contributed by atoms with E-state index in [9.17, 15) is 13.8 Å². The standard InChI is InChI=1S/C15H18N2O3S2/c1-15-8-7-13(18)17(15)12(9-21-15)14(19)16-10-3-5-11(6-4-10)22(2)20/h3-6,12H,7-9H2,1-2H3,(H,16,19)/t12-,15-,22+/m1/s1. The van der Waals surface area contributed by atoms with Crippen LogP contribution in [0.1, 0.15) is 19.8 Å². The van der Waals surface area contributed by atoms with Gasteiger partial charge in [-0.1, -0.05) is 0 Å². The highest BCUT2D eigenvalue weighted by Crippen LogP contribution is 2.47. The van der Waals surface area contributed by atoms with Gasteiger partial charge in [0.25, 0.3) is 0 Å². The molecule has 0 aromatic heterocycles. The molecule has 22 heavy (non-hydrogen) atoms. The van der Waals surface area contributed by atoms with Gasteiger partial charge in [0.2, 0.25) is 11.8 Å². The Morgan fingerprint density at radius 3 is 2.73 bits per heavy atom. The fourth-order valence-electron chi connectivity index (χ4n) is 2.97. The molecule has 2 heterocycles. The molecule has 1 N–H and O–H groups in total. The van der Waals surface area contributed by atoms with Crippen molar-refractivity contribution in [1.29, 1.82) is 0 Å². The summed E-state index contributed by atoms with van der Waals surface area (Å²) in [5, 5.41) is 2.86. The second-order valence-electron chi connectivity index (χ2n) is 5.73. The van der Waals surface area contributed by atoms with Gasteiger partial charge in [-0.05, 0) is 37.6 Å². The van der Waals surface area contributed by atoms with E-state index in [1.807, 2.05) is 6.92 Å². The monoisotopic (exact) mass is 338 g/mol. The SMILES string of the molecule is C[S@](=O)c1ccc(NC(=O)[C@H]2CS[C@]3(C)CCC(=O)N23)cc1. The van der Waals surface area contributed by atoms with E-state index >= 15 is 0 Å². The molecule has 3 atom stereocenters. The van der Waals surface area contributed by atoms with Gasteiger partial charge in [0.15, 0.2) is 0 Å². The number of hydrogen-bond donors (Lipinski definition) is 1. The molecule has 7 heteroatoms. The molecule has 2 amide bonds. The molecule has 0 radical (unpaired) electrons. The molecule has 0 aliphatic carbocycles. The average Bonchev–Trinajstić information content (AvgIpc) is 2.97. The van der Waals surface area contributed by atoms with E-state index in [1.54, 1.807) is 47.2 Å². The van der Waals surface area contributed by atoms with Gasteiger partial charge in [-0.15, -0.1) is 11.8 Å². The van der Waals surface area contributed by atoms with Gasteiger partial charge in [0.05, 0.1) is 4.87 Å². The first-order valence-electron chi connectivity index (χ1n) is 7.11. The van der Waals surface area contributed by atoms with Crippen LogP contribution in [0.2, 0.25) is 0 Å². The number of thioether (sulfide) groups is 1. The molecule has 2 saturated heterocycles. The summed E-state index contributed by atoms with van der Waals surface area (Å²) in [6.45, 7) is 2.03. The van der Waals surface area contributed by atoms with E-state index in [4.69, 9.17) is 0 Å². The molecule has 0 spiro atoms. The van der Waals surface area contributed by atoms with Gasteiger partial charge in [0, 0.05) is 39.8 Å². The molecular weight excluding hydrogens is 320 g/mol. The maximum absolute atomic E-state index is 12.5. The van der Waals surface area contributed by atoms with Crippen molar-refractivity contribution < 1.29 is 13.8 Å². The van der Waals surface area contributed by atoms with Crippen molar-refractivity contribution in [2.75, 3.05) is 17.3 Å². The van der Waals surface area contributed by atoms with Crippen LogP contribution in [0, 0.1) is 0 Å². The second-order valence-corrected chi connectivity index (χ2v) is 8.61. The van der Waals surface area contributed by atoms with Crippen LogP contribution in [0.5, 0.6) is 0 Å². The predicted octanol–water partition coefficient (Wildman–Crippen LogP) is 1.82. The van der Waals surface area contributed by atoms with Crippen LogP contribution in [-0.2, 0) is 20.4 Å². The molecule has 1 aromatic carbocycles. The molecule has 0 unspecified atom stereocenters. The lowest BCUT2D eigenvalue weighted by Gasteiger charge is -2.29. The van der Waals surface area contributed by atoms with Crippen molar-refractivity contribution in [2.45, 2.75) is 35.6 Å². The molecule has 0 saturated carbocycles. The van der Waals surface area contributed by atoms with Crippen LogP contribution >= 0.6 is 11.8 Å². The minimum atomic E-state index is -1.03. The van der Waals surface area contributed by atoms with Crippen LogP contribution < -0.4 is 5.32 Å². The number of benzene rings is 1. The summed E-state index contributed by atoms with van der Waals surface area (Å²) in [5.41, 5.74) is 0.657. The Kier molecular flexibility index (Phi) is 4.03. The quantitative estimate of drug-likeness (QED) is 0.913. The molecule has 0 bridgehead atoms. The van der Waals surface area contributed by atoms with E-state index in [1.165, 1.54) is 0 Å². The molecular formula is C15H18N2O3S2. The first-order chi connectivity index (χ1) is 10.4. The molecule has 2 aliphatic rings. The highest BCUT2D eigenvalue weighted by molar-refractivity contribution is 8.01. The van der Waals surface area contributed by atoms with Gasteiger partial charge < -0.3 is 10.2 Å². The van der Waals surface area contributed by atoms with Crippen molar-refractivity contribution in [3.8, 4) is 0 Å². The minimum absolute atomic E-state index is 0.0596. The summed E-state index contributed by atoms with van der Waals surface area (Å²) in [6.07, 6.45) is 2.94. The highest BCUT2D eigenvalue weighted by atomic mass is 32.2. The lowest BCUT2D eigenvalue weighted by molar-refractivity contribution is -0.135. The lowest BCUT2D eigenvalue weighted by Crippen LogP contribution is -2.48. The normalized spacial score (nSPS) is 28.5. The van der Waals surface area contributed by atoms with Crippen LogP contribution in [0.15, 0.2) is 29.2 Å². The van der Waals surface area contributed by atoms with Crippen molar-refractivity contribution >= 4 is 40.1 Å². The third-order valence-electron chi connectivity index (χ3n) is 4.20. The largest absolute Gasteiger partial charge is 0.324 e. The van der Waals surface area contributed by atoms with Crippen molar-refractivity contribution in [3.05, 3.63) is 24.3 Å². The van der Waals surface area contributed by atoms with Gasteiger partial charge >= 0.3 is 0 Å². The van der Waals surface area contributed by atoms with E-state index < -0.39 is 16.8 Å². The molecule has 1 aromatic rings. The van der Waals surface area contributed by atoms with Gasteiger partial charge in [-0.25, -0.2) is 0 Å². The maximum Gasteiger partial charge on any atom is 0.248 e. The number of hydrogen-bond acceptors (Lipinski definition) is 4. The van der Waals surface area contributed by atoms with Crippen molar-refractivity contribution in [3.63, 3.8) is 0 Å². The first kappa shape index (κ1) is 15.6. The van der Waals surface area contributed by atoms with Gasteiger partial charge in [-0.2, -0.15) is 0 Å². The number of anilines is 1. The first-order valence-corrected chi connectivity index (χ1v) is 9.65. The van der Waals surface area contributed by atoms with Gasteiger partial charge in [0.1, 0.15) is 6.04 Å². The molecule has 118 valence electrons. The number of rotatable bonds is 3. The third kappa shape index (κ3) is 2.67. The predicted molar refractivity (Wildman–Crippen MR) is 88.1 cm³/mol. The summed E-state index contributed by atoms with van der Waals surface area (Å²) in [5.74, 6) is 0.534. The highest BCUT2D eigenvalue weighted by Gasteiger charge is 2.52. The van der Waals surface area contributed by atoms with E-state index in [0.29, 0.717) is 17.9 Å². The Hall–Kier alpha value is -1.34. The molecule has 3 rings (SSSR count). The Labute approximate surface area is 136 Å². The number of nitrogens with zero attached hydrogens (tertiary/aromatic N) is 1. The summed E-state index contributed by atoms with van der Waals surface area (Å²) in [6, 6.07) is 6.54. The number of carbonyl (C=O) groups excluding carboxylic acids is 2.